The van der Waals surface area contributed by atoms with Crippen LogP contribution in [0.2, 0.25) is 0 Å². The molecule has 6 heteroatoms. The minimum absolute atomic E-state index is 0.149. The van der Waals surface area contributed by atoms with E-state index in [-0.39, 0.29) is 5.56 Å². The summed E-state index contributed by atoms with van der Waals surface area (Å²) in [7, 11) is 0. The van der Waals surface area contributed by atoms with Gasteiger partial charge in [0.2, 0.25) is 0 Å². The van der Waals surface area contributed by atoms with Gasteiger partial charge < -0.3 is 0 Å². The summed E-state index contributed by atoms with van der Waals surface area (Å²) in [5, 5.41) is 4.78. The van der Waals surface area contributed by atoms with Gasteiger partial charge in [0.15, 0.2) is 0 Å². The molecule has 0 aromatic carbocycles. The maximum absolute atomic E-state index is 12.4. The molecule has 5 nitrogen and oxygen atoms in total. The molecule has 3 aromatic rings. The number of rotatable bonds is 2. The second-order valence-corrected chi connectivity index (χ2v) is 5.56. The lowest BCUT2D eigenvalue weighted by molar-refractivity contribution is 0.817. The van der Waals surface area contributed by atoms with E-state index < -0.39 is 0 Å². The zero-order chi connectivity index (χ0) is 14.1. The van der Waals surface area contributed by atoms with Gasteiger partial charge in [-0.1, -0.05) is 6.07 Å². The lowest BCUT2D eigenvalue weighted by Crippen LogP contribution is -2.17. The molecule has 0 aliphatic heterocycles. The molecule has 0 spiro atoms. The predicted octanol–water partition coefficient (Wildman–Crippen LogP) is 2.35. The van der Waals surface area contributed by atoms with Crippen LogP contribution in [0.5, 0.6) is 0 Å². The largest absolute Gasteiger partial charge is 0.282 e. The number of aromatic nitrogens is 3. The van der Waals surface area contributed by atoms with Crippen LogP contribution >= 0.6 is 11.3 Å². The Balaban J connectivity index is 2.09. The van der Waals surface area contributed by atoms with Gasteiger partial charge in [-0.05, 0) is 31.5 Å². The number of pyridine rings is 1. The molecule has 0 bridgehead atoms. The van der Waals surface area contributed by atoms with Gasteiger partial charge in [-0.15, -0.1) is 11.3 Å². The number of aryl methyl sites for hydroxylation is 2. The van der Waals surface area contributed by atoms with E-state index >= 15 is 0 Å². The summed E-state index contributed by atoms with van der Waals surface area (Å²) in [6, 6.07) is 5.51. The van der Waals surface area contributed by atoms with E-state index in [9.17, 15) is 4.79 Å². The Kier molecular flexibility index (Phi) is 3.15. The number of hydrogen-bond donors (Lipinski definition) is 0. The average Bonchev–Trinajstić information content (AvgIpc) is 2.75. The van der Waals surface area contributed by atoms with Crippen molar-refractivity contribution in [2.24, 2.45) is 5.10 Å². The fourth-order valence-electron chi connectivity index (χ4n) is 1.88. The Morgan fingerprint density at radius 1 is 1.30 bits per heavy atom. The molecular formula is C14H12N4OS. The van der Waals surface area contributed by atoms with E-state index in [0.717, 1.165) is 15.3 Å². The van der Waals surface area contributed by atoms with Crippen LogP contribution in [0.15, 0.2) is 40.6 Å². The van der Waals surface area contributed by atoms with Crippen molar-refractivity contribution in [2.45, 2.75) is 13.8 Å². The van der Waals surface area contributed by atoms with Crippen LogP contribution < -0.4 is 5.56 Å². The molecule has 0 radical (unpaired) electrons. The Morgan fingerprint density at radius 2 is 2.15 bits per heavy atom. The highest BCUT2D eigenvalue weighted by molar-refractivity contribution is 7.18. The topological polar surface area (TPSA) is 60.1 Å². The summed E-state index contributed by atoms with van der Waals surface area (Å²) in [6.45, 7) is 3.92. The average molecular weight is 284 g/mol. The summed E-state index contributed by atoms with van der Waals surface area (Å²) in [6.07, 6.45) is 4.67. The predicted molar refractivity (Wildman–Crippen MR) is 80.6 cm³/mol. The Bertz CT molecular complexity index is 849. The number of hydrogen-bond acceptors (Lipinski definition) is 5. The summed E-state index contributed by atoms with van der Waals surface area (Å²) in [5.74, 6) is 0. The van der Waals surface area contributed by atoms with Crippen LogP contribution in [0.1, 0.15) is 16.1 Å². The third-order valence-corrected chi connectivity index (χ3v) is 4.19. The van der Waals surface area contributed by atoms with Gasteiger partial charge in [0.1, 0.15) is 11.2 Å². The molecule has 0 saturated carbocycles. The molecule has 0 aliphatic rings. The molecule has 3 aromatic heterocycles. The normalized spacial score (nSPS) is 11.5. The molecule has 0 saturated heterocycles. The van der Waals surface area contributed by atoms with Crippen molar-refractivity contribution < 1.29 is 0 Å². The lowest BCUT2D eigenvalue weighted by atomic mass is 10.2. The third kappa shape index (κ3) is 2.14. The van der Waals surface area contributed by atoms with Crippen LogP contribution in [-0.2, 0) is 0 Å². The molecule has 0 fully saturated rings. The first-order chi connectivity index (χ1) is 9.66. The lowest BCUT2D eigenvalue weighted by Gasteiger charge is -1.98. The maximum atomic E-state index is 12.4. The van der Waals surface area contributed by atoms with E-state index in [0.29, 0.717) is 11.1 Å². The van der Waals surface area contributed by atoms with Gasteiger partial charge >= 0.3 is 0 Å². The van der Waals surface area contributed by atoms with Gasteiger partial charge in [-0.25, -0.2) is 4.98 Å². The summed E-state index contributed by atoms with van der Waals surface area (Å²) >= 11 is 1.53. The van der Waals surface area contributed by atoms with Crippen LogP contribution in [0.3, 0.4) is 0 Å². The highest BCUT2D eigenvalue weighted by Gasteiger charge is 2.11. The first kappa shape index (κ1) is 12.7. The van der Waals surface area contributed by atoms with Gasteiger partial charge in [0.25, 0.3) is 5.56 Å². The van der Waals surface area contributed by atoms with Crippen molar-refractivity contribution >= 4 is 27.8 Å². The second-order valence-electron chi connectivity index (χ2n) is 4.36. The summed E-state index contributed by atoms with van der Waals surface area (Å²) < 4.78 is 1.25. The van der Waals surface area contributed by atoms with Crippen molar-refractivity contribution in [1.82, 2.24) is 14.6 Å². The Labute approximate surface area is 119 Å². The fraction of sp³-hybridized carbons (Fsp3) is 0.143. The molecule has 0 atom stereocenters. The smallest absolute Gasteiger partial charge is 0.267 e. The standard InChI is InChI=1S/C14H12N4OS/c1-9-10(2)20-13-12(9)14(19)18(8-16-13)17-7-11-5-3-4-6-15-11/h3-8H,1-2H3. The summed E-state index contributed by atoms with van der Waals surface area (Å²) in [4.78, 5) is 22.7. The second kappa shape index (κ2) is 4.97. The first-order valence-electron chi connectivity index (χ1n) is 6.09. The highest BCUT2D eigenvalue weighted by Crippen LogP contribution is 2.25. The zero-order valence-corrected chi connectivity index (χ0v) is 11.9. The van der Waals surface area contributed by atoms with Crippen LogP contribution in [0, 0.1) is 13.8 Å². The van der Waals surface area contributed by atoms with Crippen LogP contribution in [0.25, 0.3) is 10.2 Å². The maximum Gasteiger partial charge on any atom is 0.282 e. The highest BCUT2D eigenvalue weighted by atomic mass is 32.1. The van der Waals surface area contributed by atoms with Crippen molar-refractivity contribution in [3.05, 3.63) is 57.2 Å². The van der Waals surface area contributed by atoms with E-state index in [1.807, 2.05) is 32.0 Å². The van der Waals surface area contributed by atoms with Crippen LogP contribution in [0.4, 0.5) is 0 Å². The number of fused-ring (bicyclic) bond motifs is 1. The monoisotopic (exact) mass is 284 g/mol. The number of nitrogens with zero attached hydrogens (tertiary/aromatic N) is 4. The van der Waals surface area contributed by atoms with Crippen molar-refractivity contribution in [3.63, 3.8) is 0 Å². The van der Waals surface area contributed by atoms with Crippen LogP contribution in [-0.4, -0.2) is 20.9 Å². The fourth-order valence-corrected chi connectivity index (χ4v) is 2.87. The Hall–Kier alpha value is -2.34. The van der Waals surface area contributed by atoms with Crippen molar-refractivity contribution in [2.75, 3.05) is 0 Å². The van der Waals surface area contributed by atoms with Gasteiger partial charge in [0, 0.05) is 11.1 Å². The molecular weight excluding hydrogens is 272 g/mol. The van der Waals surface area contributed by atoms with Crippen molar-refractivity contribution in [3.8, 4) is 0 Å². The van der Waals surface area contributed by atoms with Gasteiger partial charge in [-0.2, -0.15) is 9.78 Å². The molecule has 0 amide bonds. The molecule has 0 unspecified atom stereocenters. The number of thiophene rings is 1. The zero-order valence-electron chi connectivity index (χ0n) is 11.1. The molecule has 3 heterocycles. The summed E-state index contributed by atoms with van der Waals surface area (Å²) in [5.41, 5.74) is 1.52. The third-order valence-electron chi connectivity index (χ3n) is 3.08. The van der Waals surface area contributed by atoms with E-state index in [1.54, 1.807) is 12.4 Å². The molecule has 100 valence electrons. The molecule has 0 aliphatic carbocycles. The van der Waals surface area contributed by atoms with Crippen molar-refractivity contribution in [1.29, 1.82) is 0 Å². The van der Waals surface area contributed by atoms with Gasteiger partial charge in [0.05, 0.1) is 17.3 Å². The molecule has 20 heavy (non-hydrogen) atoms. The minimum atomic E-state index is -0.149. The first-order valence-corrected chi connectivity index (χ1v) is 6.91. The molecule has 0 N–H and O–H groups in total. The SMILES string of the molecule is Cc1sc2ncn(N=Cc3ccccn3)c(=O)c2c1C. The Morgan fingerprint density at radius 3 is 2.90 bits per heavy atom. The molecule has 3 rings (SSSR count). The van der Waals surface area contributed by atoms with E-state index in [2.05, 4.69) is 15.1 Å². The quantitative estimate of drug-likeness (QED) is 0.679. The van der Waals surface area contributed by atoms with Gasteiger partial charge in [-0.3, -0.25) is 9.78 Å². The minimum Gasteiger partial charge on any atom is -0.267 e. The van der Waals surface area contributed by atoms with E-state index in [4.69, 9.17) is 0 Å². The van der Waals surface area contributed by atoms with E-state index in [1.165, 1.54) is 22.3 Å².